The van der Waals surface area contributed by atoms with E-state index in [4.69, 9.17) is 4.74 Å². The molecular formula is C22H30Cl2N4O. The lowest BCUT2D eigenvalue weighted by molar-refractivity contribution is 0.229. The van der Waals surface area contributed by atoms with Crippen molar-refractivity contribution in [2.75, 3.05) is 33.3 Å². The van der Waals surface area contributed by atoms with Gasteiger partial charge in [-0.1, -0.05) is 30.7 Å². The topological polar surface area (TPSA) is 53.2 Å². The van der Waals surface area contributed by atoms with Crippen LogP contribution in [0.1, 0.15) is 24.8 Å². The minimum absolute atomic E-state index is 0. The summed E-state index contributed by atoms with van der Waals surface area (Å²) >= 11 is 0. The SMILES string of the molecule is COc1ccc2nc(-c3ccc(CNCCN4CCCCC4)cc3)[nH]c2c1.Cl.Cl. The van der Waals surface area contributed by atoms with E-state index >= 15 is 0 Å². The minimum Gasteiger partial charge on any atom is -0.497 e. The normalized spacial score (nSPS) is 14.2. The zero-order chi connectivity index (χ0) is 18.5. The number of hydrogen-bond donors (Lipinski definition) is 2. The molecule has 1 aliphatic rings. The number of imidazole rings is 1. The number of benzene rings is 2. The summed E-state index contributed by atoms with van der Waals surface area (Å²) in [6.07, 6.45) is 4.11. The fourth-order valence-corrected chi connectivity index (χ4v) is 3.69. The van der Waals surface area contributed by atoms with Crippen molar-refractivity contribution in [2.24, 2.45) is 0 Å². The molecule has 1 saturated heterocycles. The van der Waals surface area contributed by atoms with Crippen molar-refractivity contribution >= 4 is 35.8 Å². The Morgan fingerprint density at radius 1 is 1.03 bits per heavy atom. The third-order valence-electron chi connectivity index (χ3n) is 5.30. The van der Waals surface area contributed by atoms with Crippen LogP contribution in [-0.4, -0.2) is 48.2 Å². The number of fused-ring (bicyclic) bond motifs is 1. The fraction of sp³-hybridized carbons (Fsp3) is 0.409. The van der Waals surface area contributed by atoms with E-state index in [2.05, 4.69) is 44.5 Å². The van der Waals surface area contributed by atoms with Crippen LogP contribution in [0.3, 0.4) is 0 Å². The number of halogens is 2. The second-order valence-electron chi connectivity index (χ2n) is 7.24. The maximum atomic E-state index is 5.28. The van der Waals surface area contributed by atoms with Gasteiger partial charge in [0.05, 0.1) is 18.1 Å². The van der Waals surface area contributed by atoms with Crippen molar-refractivity contribution in [1.29, 1.82) is 0 Å². The van der Waals surface area contributed by atoms with Gasteiger partial charge < -0.3 is 19.9 Å². The molecule has 2 heterocycles. The lowest BCUT2D eigenvalue weighted by Crippen LogP contribution is -2.35. The van der Waals surface area contributed by atoms with E-state index in [9.17, 15) is 0 Å². The molecule has 158 valence electrons. The third-order valence-corrected chi connectivity index (χ3v) is 5.30. The van der Waals surface area contributed by atoms with E-state index in [0.29, 0.717) is 0 Å². The Morgan fingerprint density at radius 2 is 1.79 bits per heavy atom. The maximum absolute atomic E-state index is 5.28. The van der Waals surface area contributed by atoms with Crippen LogP contribution in [0.5, 0.6) is 5.75 Å². The summed E-state index contributed by atoms with van der Waals surface area (Å²) in [4.78, 5) is 10.6. The summed E-state index contributed by atoms with van der Waals surface area (Å²) in [5.41, 5.74) is 4.35. The molecule has 3 aromatic rings. The van der Waals surface area contributed by atoms with E-state index < -0.39 is 0 Å². The molecule has 4 rings (SSSR count). The molecule has 1 aromatic heterocycles. The van der Waals surface area contributed by atoms with Crippen LogP contribution in [0.25, 0.3) is 22.4 Å². The van der Waals surface area contributed by atoms with Crippen LogP contribution in [0, 0.1) is 0 Å². The predicted molar refractivity (Wildman–Crippen MR) is 125 cm³/mol. The largest absolute Gasteiger partial charge is 0.497 e. The predicted octanol–water partition coefficient (Wildman–Crippen LogP) is 4.66. The molecule has 0 spiro atoms. The highest BCUT2D eigenvalue weighted by atomic mass is 35.5. The number of aromatic nitrogens is 2. The number of nitrogens with zero attached hydrogens (tertiary/aromatic N) is 2. The van der Waals surface area contributed by atoms with E-state index in [1.54, 1.807) is 7.11 Å². The average Bonchev–Trinajstić information content (AvgIpc) is 3.15. The molecular weight excluding hydrogens is 407 g/mol. The van der Waals surface area contributed by atoms with Crippen LogP contribution >= 0.6 is 24.8 Å². The number of methoxy groups -OCH3 is 1. The highest BCUT2D eigenvalue weighted by Gasteiger charge is 2.09. The van der Waals surface area contributed by atoms with Crippen molar-refractivity contribution in [2.45, 2.75) is 25.8 Å². The van der Waals surface area contributed by atoms with Gasteiger partial charge in [0.15, 0.2) is 0 Å². The molecule has 0 atom stereocenters. The smallest absolute Gasteiger partial charge is 0.138 e. The third kappa shape index (κ3) is 6.09. The zero-order valence-electron chi connectivity index (χ0n) is 16.8. The van der Waals surface area contributed by atoms with Gasteiger partial charge in [0.25, 0.3) is 0 Å². The summed E-state index contributed by atoms with van der Waals surface area (Å²) < 4.78 is 5.28. The first kappa shape index (κ1) is 23.5. The summed E-state index contributed by atoms with van der Waals surface area (Å²) in [7, 11) is 1.68. The van der Waals surface area contributed by atoms with Gasteiger partial charge in [-0.05, 0) is 43.6 Å². The van der Waals surface area contributed by atoms with Gasteiger partial charge in [-0.3, -0.25) is 0 Å². The van der Waals surface area contributed by atoms with Crippen LogP contribution in [-0.2, 0) is 6.54 Å². The first-order valence-corrected chi connectivity index (χ1v) is 9.88. The highest BCUT2D eigenvalue weighted by Crippen LogP contribution is 2.24. The number of hydrogen-bond acceptors (Lipinski definition) is 4. The fourth-order valence-electron chi connectivity index (χ4n) is 3.69. The second kappa shape index (κ2) is 11.4. The molecule has 1 fully saturated rings. The first-order chi connectivity index (χ1) is 13.3. The number of H-pyrrole nitrogens is 1. The Morgan fingerprint density at radius 3 is 2.52 bits per heavy atom. The van der Waals surface area contributed by atoms with Gasteiger partial charge in [0.1, 0.15) is 11.6 Å². The Kier molecular flexibility index (Phi) is 9.24. The van der Waals surface area contributed by atoms with Gasteiger partial charge >= 0.3 is 0 Å². The number of rotatable bonds is 7. The van der Waals surface area contributed by atoms with Crippen LogP contribution < -0.4 is 10.1 Å². The van der Waals surface area contributed by atoms with Gasteiger partial charge in [-0.25, -0.2) is 4.98 Å². The highest BCUT2D eigenvalue weighted by molar-refractivity contribution is 5.85. The number of piperidine rings is 1. The molecule has 2 N–H and O–H groups in total. The molecule has 2 aromatic carbocycles. The Bertz CT molecular complexity index is 876. The number of ether oxygens (including phenoxy) is 1. The van der Waals surface area contributed by atoms with E-state index in [1.165, 1.54) is 37.9 Å². The number of nitrogens with one attached hydrogen (secondary N) is 2. The molecule has 5 nitrogen and oxygen atoms in total. The Labute approximate surface area is 185 Å². The molecule has 0 radical (unpaired) electrons. The molecule has 1 aliphatic heterocycles. The summed E-state index contributed by atoms with van der Waals surface area (Å²) in [6.45, 7) is 5.64. The molecule has 0 aliphatic carbocycles. The lowest BCUT2D eigenvalue weighted by atomic mass is 10.1. The van der Waals surface area contributed by atoms with Gasteiger partial charge in [0.2, 0.25) is 0 Å². The molecule has 0 amide bonds. The summed E-state index contributed by atoms with van der Waals surface area (Å²) in [6, 6.07) is 14.5. The van der Waals surface area contributed by atoms with E-state index in [-0.39, 0.29) is 24.8 Å². The van der Waals surface area contributed by atoms with E-state index in [1.807, 2.05) is 18.2 Å². The van der Waals surface area contributed by atoms with Crippen LogP contribution in [0.15, 0.2) is 42.5 Å². The minimum atomic E-state index is 0. The van der Waals surface area contributed by atoms with Crippen molar-refractivity contribution in [3.8, 4) is 17.1 Å². The molecule has 0 bridgehead atoms. The van der Waals surface area contributed by atoms with Crippen molar-refractivity contribution in [1.82, 2.24) is 20.2 Å². The van der Waals surface area contributed by atoms with Crippen molar-refractivity contribution < 1.29 is 4.74 Å². The van der Waals surface area contributed by atoms with Gasteiger partial charge in [-0.15, -0.1) is 24.8 Å². The van der Waals surface area contributed by atoms with Gasteiger partial charge in [-0.2, -0.15) is 0 Å². The van der Waals surface area contributed by atoms with E-state index in [0.717, 1.165) is 47.8 Å². The molecule has 29 heavy (non-hydrogen) atoms. The molecule has 0 saturated carbocycles. The summed E-state index contributed by atoms with van der Waals surface area (Å²) in [5, 5.41) is 3.56. The van der Waals surface area contributed by atoms with Crippen molar-refractivity contribution in [3.63, 3.8) is 0 Å². The Hall–Kier alpha value is -1.79. The molecule has 7 heteroatoms. The quantitative estimate of drug-likeness (QED) is 0.528. The Balaban J connectivity index is 0.00000150. The number of aromatic amines is 1. The number of likely N-dealkylation sites (tertiary alicyclic amines) is 1. The molecule has 0 unspecified atom stereocenters. The van der Waals surface area contributed by atoms with Gasteiger partial charge in [0, 0.05) is 31.3 Å². The van der Waals surface area contributed by atoms with Crippen LogP contribution in [0.2, 0.25) is 0 Å². The zero-order valence-corrected chi connectivity index (χ0v) is 18.5. The average molecular weight is 437 g/mol. The van der Waals surface area contributed by atoms with Crippen molar-refractivity contribution in [3.05, 3.63) is 48.0 Å². The van der Waals surface area contributed by atoms with Crippen LogP contribution in [0.4, 0.5) is 0 Å². The summed E-state index contributed by atoms with van der Waals surface area (Å²) in [5.74, 6) is 1.73. The standard InChI is InChI=1S/C22H28N4O.2ClH/c1-27-19-9-10-20-21(15-19)25-22(24-20)18-7-5-17(6-8-18)16-23-11-14-26-12-3-2-4-13-26;;/h5-10,15,23H,2-4,11-14,16H2,1H3,(H,24,25);2*1H. The first-order valence-electron chi connectivity index (χ1n) is 9.88. The second-order valence-corrected chi connectivity index (χ2v) is 7.24. The lowest BCUT2D eigenvalue weighted by Gasteiger charge is -2.26. The maximum Gasteiger partial charge on any atom is 0.138 e. The monoisotopic (exact) mass is 436 g/mol.